The second kappa shape index (κ2) is 23.7. The van der Waals surface area contributed by atoms with Gasteiger partial charge in [0, 0.05) is 6.42 Å². The topological polar surface area (TPSA) is 46.5 Å². The van der Waals surface area contributed by atoms with E-state index in [2.05, 4.69) is 6.92 Å². The highest BCUT2D eigenvalue weighted by Gasteiger charge is 2.10. The van der Waals surface area contributed by atoms with Crippen LogP contribution >= 0.6 is 0 Å². The van der Waals surface area contributed by atoms with Gasteiger partial charge in [-0.05, 0) is 20.3 Å². The zero-order chi connectivity index (χ0) is 23.0. The molecule has 0 bridgehead atoms. The number of aliphatic carboxylic acids is 1. The van der Waals surface area contributed by atoms with Gasteiger partial charge in [-0.25, -0.2) is 4.79 Å². The molecule has 0 amide bonds. The van der Waals surface area contributed by atoms with Gasteiger partial charge in [-0.1, -0.05) is 129 Å². The second-order valence-corrected chi connectivity index (χ2v) is 9.25. The molecule has 3 nitrogen and oxygen atoms in total. The van der Waals surface area contributed by atoms with Crippen molar-refractivity contribution in [1.29, 1.82) is 0 Å². The first-order chi connectivity index (χ1) is 15.1. The maximum Gasteiger partial charge on any atom is 0.334 e. The highest BCUT2D eigenvalue weighted by atomic mass is 16.5. The Morgan fingerprint density at radius 1 is 0.581 bits per heavy atom. The molecule has 0 fully saturated rings. The van der Waals surface area contributed by atoms with E-state index >= 15 is 0 Å². The van der Waals surface area contributed by atoms with Crippen molar-refractivity contribution >= 4 is 5.97 Å². The summed E-state index contributed by atoms with van der Waals surface area (Å²) >= 11 is 0. The highest BCUT2D eigenvalue weighted by molar-refractivity contribution is 5.86. The highest BCUT2D eigenvalue weighted by Crippen LogP contribution is 2.18. The minimum Gasteiger partial charge on any atom is -0.498 e. The molecule has 184 valence electrons. The third kappa shape index (κ3) is 20.7. The fourth-order valence-electron chi connectivity index (χ4n) is 4.20. The molecule has 31 heavy (non-hydrogen) atoms. The smallest absolute Gasteiger partial charge is 0.334 e. The van der Waals surface area contributed by atoms with Gasteiger partial charge < -0.3 is 9.84 Å². The van der Waals surface area contributed by atoms with Crippen LogP contribution < -0.4 is 0 Å². The Morgan fingerprint density at radius 3 is 1.19 bits per heavy atom. The number of carboxylic acids is 1. The van der Waals surface area contributed by atoms with Crippen LogP contribution in [-0.4, -0.2) is 17.7 Å². The van der Waals surface area contributed by atoms with Gasteiger partial charge in [-0.15, -0.1) is 0 Å². The number of ether oxygens (including phenoxy) is 1. The molecule has 0 aromatic heterocycles. The van der Waals surface area contributed by atoms with Crippen molar-refractivity contribution in [2.24, 2.45) is 0 Å². The number of carbonyl (C=O) groups is 1. The predicted molar refractivity (Wildman–Crippen MR) is 135 cm³/mol. The van der Waals surface area contributed by atoms with Crippen molar-refractivity contribution in [1.82, 2.24) is 0 Å². The molecule has 1 N–H and O–H groups in total. The summed E-state index contributed by atoms with van der Waals surface area (Å²) in [6.07, 6.45) is 28.3. The lowest BCUT2D eigenvalue weighted by Crippen LogP contribution is -2.04. The monoisotopic (exact) mass is 438 g/mol. The van der Waals surface area contributed by atoms with Gasteiger partial charge in [0.2, 0.25) is 0 Å². The van der Waals surface area contributed by atoms with Crippen LogP contribution in [0.15, 0.2) is 11.3 Å². The zero-order valence-electron chi connectivity index (χ0n) is 21.3. The zero-order valence-corrected chi connectivity index (χ0v) is 21.3. The molecule has 0 rings (SSSR count). The summed E-state index contributed by atoms with van der Waals surface area (Å²) in [5.74, 6) is -0.200. The van der Waals surface area contributed by atoms with Crippen molar-refractivity contribution in [3.63, 3.8) is 0 Å². The molecule has 3 heteroatoms. The van der Waals surface area contributed by atoms with Crippen molar-refractivity contribution in [3.05, 3.63) is 11.3 Å². The largest absolute Gasteiger partial charge is 0.498 e. The van der Waals surface area contributed by atoms with Crippen LogP contribution in [0.2, 0.25) is 0 Å². The molecule has 0 unspecified atom stereocenters. The van der Waals surface area contributed by atoms with Crippen molar-refractivity contribution in [3.8, 4) is 0 Å². The van der Waals surface area contributed by atoms with Gasteiger partial charge >= 0.3 is 5.97 Å². The van der Waals surface area contributed by atoms with Crippen LogP contribution in [0, 0.1) is 0 Å². The number of hydrogen-bond donors (Lipinski definition) is 1. The molecule has 0 saturated heterocycles. The van der Waals surface area contributed by atoms with E-state index in [1.807, 2.05) is 6.92 Å². The van der Waals surface area contributed by atoms with Crippen LogP contribution in [0.5, 0.6) is 0 Å². The number of carboxylic acid groups (broad SMARTS) is 1. The average Bonchev–Trinajstić information content (AvgIpc) is 2.76. The molecule has 0 aliphatic heterocycles. The molecule has 0 heterocycles. The van der Waals surface area contributed by atoms with Gasteiger partial charge in [-0.2, -0.15) is 0 Å². The summed E-state index contributed by atoms with van der Waals surface area (Å²) in [6.45, 7) is 6.38. The van der Waals surface area contributed by atoms with Crippen LogP contribution in [0.1, 0.15) is 156 Å². The van der Waals surface area contributed by atoms with Crippen molar-refractivity contribution in [2.75, 3.05) is 6.61 Å². The Labute approximate surface area is 194 Å². The third-order valence-electron chi connectivity index (χ3n) is 6.32. The van der Waals surface area contributed by atoms with E-state index in [9.17, 15) is 4.79 Å². The summed E-state index contributed by atoms with van der Waals surface area (Å²) in [6, 6.07) is 0. The van der Waals surface area contributed by atoms with Crippen molar-refractivity contribution < 1.29 is 14.6 Å². The lowest BCUT2D eigenvalue weighted by molar-refractivity contribution is -0.132. The fraction of sp³-hybridized carbons (Fsp3) is 0.893. The van der Waals surface area contributed by atoms with Gasteiger partial charge in [0.05, 0.1) is 12.2 Å². The van der Waals surface area contributed by atoms with Gasteiger partial charge in [-0.3, -0.25) is 0 Å². The van der Waals surface area contributed by atoms with Crippen molar-refractivity contribution in [2.45, 2.75) is 156 Å². The Bertz CT molecular complexity index is 428. The molecule has 0 aliphatic carbocycles. The van der Waals surface area contributed by atoms with Gasteiger partial charge in [0.1, 0.15) is 5.76 Å². The molecular formula is C28H54O3. The number of hydrogen-bond acceptors (Lipinski definition) is 2. The molecule has 0 radical (unpaired) electrons. The first-order valence-electron chi connectivity index (χ1n) is 13.7. The van der Waals surface area contributed by atoms with Crippen LogP contribution in [0.3, 0.4) is 0 Å². The van der Waals surface area contributed by atoms with E-state index < -0.39 is 5.97 Å². The molecule has 0 aromatic carbocycles. The van der Waals surface area contributed by atoms with Crippen LogP contribution in [0.25, 0.3) is 0 Å². The average molecular weight is 439 g/mol. The van der Waals surface area contributed by atoms with E-state index in [0.717, 1.165) is 12.8 Å². The first kappa shape index (κ1) is 30.0. The number of rotatable bonds is 24. The summed E-state index contributed by atoms with van der Waals surface area (Å²) in [4.78, 5) is 11.1. The second-order valence-electron chi connectivity index (χ2n) is 9.25. The predicted octanol–water partition coefficient (Wildman–Crippen LogP) is 9.59. The van der Waals surface area contributed by atoms with E-state index in [1.165, 1.54) is 122 Å². The number of unbranched alkanes of at least 4 members (excludes halogenated alkanes) is 19. The minimum absolute atomic E-state index is 0.361. The van der Waals surface area contributed by atoms with E-state index in [-0.39, 0.29) is 0 Å². The SMILES string of the molecule is CCCCCCCCCCCCCCCCCCCCCCC(OCC)=C(C)C(=O)O. The standard InChI is InChI=1S/C28H54O3/c1-4-6-7-8-9-10-11-12-13-14-15-16-17-18-19-20-21-22-23-24-25-27(31-5-2)26(3)28(29)30/h4-25H2,1-3H3,(H,29,30). The van der Waals surface area contributed by atoms with Crippen LogP contribution in [0.4, 0.5) is 0 Å². The summed E-state index contributed by atoms with van der Waals surface area (Å²) in [5, 5.41) is 9.11. The summed E-state index contributed by atoms with van der Waals surface area (Å²) in [5.41, 5.74) is 0.361. The lowest BCUT2D eigenvalue weighted by atomic mass is 10.0. The van der Waals surface area contributed by atoms with E-state index in [4.69, 9.17) is 9.84 Å². The fourth-order valence-corrected chi connectivity index (χ4v) is 4.20. The molecule has 0 aliphatic rings. The van der Waals surface area contributed by atoms with Gasteiger partial charge in [0.25, 0.3) is 0 Å². The Morgan fingerprint density at radius 2 is 0.903 bits per heavy atom. The Kier molecular flexibility index (Phi) is 22.9. The Hall–Kier alpha value is -0.990. The summed E-state index contributed by atoms with van der Waals surface area (Å²) in [7, 11) is 0. The Balaban J connectivity index is 3.31. The molecule has 0 aromatic rings. The molecule has 0 atom stereocenters. The van der Waals surface area contributed by atoms with Gasteiger partial charge in [0.15, 0.2) is 0 Å². The van der Waals surface area contributed by atoms with Crippen LogP contribution in [-0.2, 0) is 9.53 Å². The molecule has 0 spiro atoms. The molecule has 0 saturated carbocycles. The van der Waals surface area contributed by atoms with E-state index in [1.54, 1.807) is 6.92 Å². The maximum atomic E-state index is 11.1. The maximum absolute atomic E-state index is 11.1. The minimum atomic E-state index is -0.864. The lowest BCUT2D eigenvalue weighted by Gasteiger charge is -2.10. The normalized spacial score (nSPS) is 12.1. The summed E-state index contributed by atoms with van der Waals surface area (Å²) < 4.78 is 5.50. The first-order valence-corrected chi connectivity index (χ1v) is 13.7. The quantitative estimate of drug-likeness (QED) is 0.0926. The van der Waals surface area contributed by atoms with E-state index in [0.29, 0.717) is 17.9 Å². The number of allylic oxidation sites excluding steroid dienone is 1. The molecular weight excluding hydrogens is 384 g/mol. The third-order valence-corrected chi connectivity index (χ3v) is 6.32.